The third-order valence-electron chi connectivity index (χ3n) is 4.99. The molecule has 0 aliphatic heterocycles. The van der Waals surface area contributed by atoms with Crippen molar-refractivity contribution >= 4 is 23.8 Å². The van der Waals surface area contributed by atoms with Crippen LogP contribution in [0.25, 0.3) is 0 Å². The van der Waals surface area contributed by atoms with Gasteiger partial charge in [0.1, 0.15) is 0 Å². The zero-order valence-electron chi connectivity index (χ0n) is 17.3. The molecule has 2 N–H and O–H groups in total. The highest BCUT2D eigenvalue weighted by Gasteiger charge is 2.46. The van der Waals surface area contributed by atoms with Gasteiger partial charge in [0.2, 0.25) is 0 Å². The number of carbonyl (C=O) groups excluding carboxylic acids is 4. The number of rotatable bonds is 6. The Labute approximate surface area is 173 Å². The van der Waals surface area contributed by atoms with Gasteiger partial charge in [-0.2, -0.15) is 0 Å². The van der Waals surface area contributed by atoms with Crippen LogP contribution >= 0.6 is 0 Å². The number of methoxy groups -OCH3 is 4. The van der Waals surface area contributed by atoms with E-state index in [-0.39, 0.29) is 6.04 Å². The van der Waals surface area contributed by atoms with Gasteiger partial charge in [0.25, 0.3) is 11.9 Å². The van der Waals surface area contributed by atoms with Gasteiger partial charge >= 0.3 is 17.9 Å². The highest BCUT2D eigenvalue weighted by Crippen LogP contribution is 2.41. The first-order valence-corrected chi connectivity index (χ1v) is 9.34. The van der Waals surface area contributed by atoms with Crippen molar-refractivity contribution < 1.29 is 43.2 Å². The fourth-order valence-corrected chi connectivity index (χ4v) is 3.59. The largest absolute Gasteiger partial charge is 0.481 e. The number of aliphatic hydroxyl groups is 1. The number of nitrogens with one attached hydrogen (secondary N) is 1. The molecule has 1 fully saturated rings. The lowest BCUT2D eigenvalue weighted by Crippen LogP contribution is -2.38. The van der Waals surface area contributed by atoms with Gasteiger partial charge in [0.15, 0.2) is 0 Å². The van der Waals surface area contributed by atoms with Gasteiger partial charge in [0.05, 0.1) is 56.3 Å². The fraction of sp³-hybridized carbons (Fsp3) is 0.500. The summed E-state index contributed by atoms with van der Waals surface area (Å²) in [7, 11) is 4.24. The van der Waals surface area contributed by atoms with Crippen molar-refractivity contribution in [3.8, 4) is 0 Å². The molecule has 10 heteroatoms. The molecule has 0 heterocycles. The first-order valence-electron chi connectivity index (χ1n) is 9.34. The molecule has 1 saturated carbocycles. The van der Waals surface area contributed by atoms with Gasteiger partial charge in [-0.3, -0.25) is 4.79 Å². The summed E-state index contributed by atoms with van der Waals surface area (Å²) >= 11 is 0. The number of hydrogen-bond acceptors (Lipinski definition) is 9. The molecule has 2 rings (SSSR count). The van der Waals surface area contributed by atoms with Gasteiger partial charge in [-0.1, -0.05) is 19.3 Å². The van der Waals surface area contributed by atoms with Crippen molar-refractivity contribution in [2.75, 3.05) is 28.4 Å². The second-order valence-electron chi connectivity index (χ2n) is 6.67. The van der Waals surface area contributed by atoms with E-state index in [0.717, 1.165) is 60.5 Å². The standard InChI is InChI=1S/C20H25NO9/c1-27-17(23)12-11(16(22)21-10-8-6-5-7-9-10)13(18(24)28-2)15(20(26)30-4)14(12)19(25)29-3/h10,23H,5-9H2,1-4H3,(H,21,22)/b17-12+. The average molecular weight is 423 g/mol. The second kappa shape index (κ2) is 9.95. The molecule has 164 valence electrons. The molecule has 0 atom stereocenters. The number of hydrogen-bond donors (Lipinski definition) is 2. The molecule has 0 aromatic heterocycles. The summed E-state index contributed by atoms with van der Waals surface area (Å²) in [4.78, 5) is 50.7. The van der Waals surface area contributed by atoms with Crippen LogP contribution in [0.5, 0.6) is 0 Å². The summed E-state index contributed by atoms with van der Waals surface area (Å²) in [5.41, 5.74) is -2.47. The van der Waals surface area contributed by atoms with Crippen LogP contribution in [0, 0.1) is 0 Å². The van der Waals surface area contributed by atoms with Crippen molar-refractivity contribution in [3.05, 3.63) is 33.8 Å². The summed E-state index contributed by atoms with van der Waals surface area (Å²) in [6, 6.07) is -0.160. The molecule has 0 unspecified atom stereocenters. The highest BCUT2D eigenvalue weighted by molar-refractivity contribution is 6.23. The molecule has 2 aliphatic rings. The van der Waals surface area contributed by atoms with Crippen LogP contribution in [-0.4, -0.2) is 63.4 Å². The molecule has 0 radical (unpaired) electrons. The number of aliphatic hydroxyl groups excluding tert-OH is 1. The molecule has 1 amide bonds. The van der Waals surface area contributed by atoms with Crippen LogP contribution in [0.15, 0.2) is 33.8 Å². The molecule has 0 aromatic rings. The first kappa shape index (κ1) is 23.0. The van der Waals surface area contributed by atoms with Crippen LogP contribution < -0.4 is 5.32 Å². The Bertz CT molecular complexity index is 844. The minimum atomic E-state index is -1.09. The van der Waals surface area contributed by atoms with Gasteiger partial charge in [-0.25, -0.2) is 14.4 Å². The van der Waals surface area contributed by atoms with E-state index in [4.69, 9.17) is 18.9 Å². The summed E-state index contributed by atoms with van der Waals surface area (Å²) in [5, 5.41) is 13.1. The fourth-order valence-electron chi connectivity index (χ4n) is 3.59. The molecule has 10 nitrogen and oxygen atoms in total. The zero-order valence-corrected chi connectivity index (χ0v) is 17.3. The normalized spacial score (nSPS) is 18.7. The van der Waals surface area contributed by atoms with Gasteiger partial charge in [-0.05, 0) is 12.8 Å². The van der Waals surface area contributed by atoms with Crippen molar-refractivity contribution in [1.29, 1.82) is 0 Å². The second-order valence-corrected chi connectivity index (χ2v) is 6.67. The van der Waals surface area contributed by atoms with Crippen molar-refractivity contribution in [2.24, 2.45) is 0 Å². The lowest BCUT2D eigenvalue weighted by molar-refractivity contribution is -0.140. The maximum atomic E-state index is 13.2. The Morgan fingerprint density at radius 2 is 1.20 bits per heavy atom. The van der Waals surface area contributed by atoms with Crippen LogP contribution in [0.4, 0.5) is 0 Å². The van der Waals surface area contributed by atoms with E-state index in [1.54, 1.807) is 0 Å². The van der Waals surface area contributed by atoms with Crippen LogP contribution in [-0.2, 0) is 38.1 Å². The Morgan fingerprint density at radius 3 is 1.67 bits per heavy atom. The monoisotopic (exact) mass is 423 g/mol. The van der Waals surface area contributed by atoms with Crippen molar-refractivity contribution in [1.82, 2.24) is 5.32 Å². The maximum absolute atomic E-state index is 13.2. The van der Waals surface area contributed by atoms with E-state index in [2.05, 4.69) is 5.32 Å². The summed E-state index contributed by atoms with van der Waals surface area (Å²) in [5.74, 6) is -4.83. The minimum Gasteiger partial charge on any atom is -0.481 e. The number of amides is 1. The number of ether oxygens (including phenoxy) is 4. The Morgan fingerprint density at radius 1 is 0.733 bits per heavy atom. The molecule has 0 aromatic carbocycles. The minimum absolute atomic E-state index is 0.160. The first-order chi connectivity index (χ1) is 14.3. The van der Waals surface area contributed by atoms with Gasteiger partial charge < -0.3 is 29.4 Å². The number of esters is 3. The van der Waals surface area contributed by atoms with Crippen molar-refractivity contribution in [3.63, 3.8) is 0 Å². The number of carbonyl (C=O) groups is 4. The topological polar surface area (TPSA) is 137 Å². The van der Waals surface area contributed by atoms with E-state index < -0.39 is 57.6 Å². The summed E-state index contributed by atoms with van der Waals surface area (Å²) in [6.45, 7) is 0. The Kier molecular flexibility index (Phi) is 7.62. The summed E-state index contributed by atoms with van der Waals surface area (Å²) < 4.78 is 19.0. The molecular formula is C20H25NO9. The zero-order chi connectivity index (χ0) is 22.4. The van der Waals surface area contributed by atoms with Crippen LogP contribution in [0.2, 0.25) is 0 Å². The smallest absolute Gasteiger partial charge is 0.339 e. The van der Waals surface area contributed by atoms with E-state index in [9.17, 15) is 24.3 Å². The molecule has 0 saturated heterocycles. The van der Waals surface area contributed by atoms with E-state index in [1.807, 2.05) is 0 Å². The lowest BCUT2D eigenvalue weighted by atomic mass is 9.94. The predicted molar refractivity (Wildman–Crippen MR) is 102 cm³/mol. The third kappa shape index (κ3) is 4.32. The lowest BCUT2D eigenvalue weighted by Gasteiger charge is -2.23. The van der Waals surface area contributed by atoms with E-state index >= 15 is 0 Å². The van der Waals surface area contributed by atoms with Crippen molar-refractivity contribution in [2.45, 2.75) is 38.1 Å². The van der Waals surface area contributed by atoms with Gasteiger partial charge in [-0.15, -0.1) is 0 Å². The molecule has 0 bridgehead atoms. The maximum Gasteiger partial charge on any atom is 0.339 e. The van der Waals surface area contributed by atoms with Crippen LogP contribution in [0.1, 0.15) is 32.1 Å². The third-order valence-corrected chi connectivity index (χ3v) is 4.99. The quantitative estimate of drug-likeness (QED) is 0.364. The predicted octanol–water partition coefficient (Wildman–Crippen LogP) is 0.977. The highest BCUT2D eigenvalue weighted by atomic mass is 16.6. The molecule has 0 spiro atoms. The van der Waals surface area contributed by atoms with E-state index in [1.165, 1.54) is 0 Å². The Balaban J connectivity index is 2.74. The SMILES string of the molecule is COC(=O)C1=C(C(=O)NC2CCCCC2)/C(=C(/O)OC)C(C(=O)OC)=C1C(=O)OC. The molecule has 30 heavy (non-hydrogen) atoms. The summed E-state index contributed by atoms with van der Waals surface area (Å²) in [6.07, 6.45) is 4.39. The average Bonchev–Trinajstić information content (AvgIpc) is 3.13. The van der Waals surface area contributed by atoms with E-state index in [0.29, 0.717) is 0 Å². The van der Waals surface area contributed by atoms with Gasteiger partial charge in [0, 0.05) is 6.04 Å². The molecule has 2 aliphatic carbocycles. The van der Waals surface area contributed by atoms with Crippen LogP contribution in [0.3, 0.4) is 0 Å². The molecular weight excluding hydrogens is 398 g/mol. The Hall–Kier alpha value is -3.30.